The van der Waals surface area contributed by atoms with Gasteiger partial charge in [-0.25, -0.2) is 0 Å². The molecule has 1 atom stereocenters. The molecule has 3 aromatic rings. The topological polar surface area (TPSA) is 54.3 Å². The van der Waals surface area contributed by atoms with Gasteiger partial charge in [-0.1, -0.05) is 47.6 Å². The molecule has 0 aliphatic rings. The van der Waals surface area contributed by atoms with Crippen LogP contribution in [0.25, 0.3) is 5.69 Å². The molecule has 3 rings (SSSR count). The summed E-state index contributed by atoms with van der Waals surface area (Å²) in [6, 6.07) is 17.2. The lowest BCUT2D eigenvalue weighted by atomic mass is 10.2. The highest BCUT2D eigenvalue weighted by Gasteiger charge is 2.22. The third-order valence-corrected chi connectivity index (χ3v) is 6.06. The van der Waals surface area contributed by atoms with Gasteiger partial charge < -0.3 is 4.90 Å². The van der Waals surface area contributed by atoms with Crippen molar-refractivity contribution >= 4 is 35.0 Å². The van der Waals surface area contributed by atoms with Gasteiger partial charge >= 0.3 is 0 Å². The molecule has 8 heteroatoms. The van der Waals surface area contributed by atoms with Crippen molar-refractivity contribution in [3.8, 4) is 5.69 Å². The number of carbonyl (C=O) groups is 1. The molecule has 2 aromatic carbocycles. The predicted octanol–water partition coefficient (Wildman–Crippen LogP) is 4.85. The van der Waals surface area contributed by atoms with Gasteiger partial charge in [-0.15, -0.1) is 16.8 Å². The first kappa shape index (κ1) is 23.1. The molecular weight excluding hydrogens is 430 g/mol. The van der Waals surface area contributed by atoms with E-state index in [9.17, 15) is 4.79 Å². The summed E-state index contributed by atoms with van der Waals surface area (Å²) in [5.41, 5.74) is 1.74. The Hall–Kier alpha value is -2.61. The van der Waals surface area contributed by atoms with Gasteiger partial charge in [0.05, 0.1) is 11.8 Å². The highest BCUT2D eigenvalue weighted by atomic mass is 35.5. The summed E-state index contributed by atoms with van der Waals surface area (Å²) in [6.45, 7) is 6.29. The molecular formula is C23H26ClN5OS. The number of para-hydroxylation sites is 1. The molecule has 6 nitrogen and oxygen atoms in total. The minimum Gasteiger partial charge on any atom is -0.308 e. The maximum Gasteiger partial charge on any atom is 0.237 e. The number of hydrogen-bond acceptors (Lipinski definition) is 5. The van der Waals surface area contributed by atoms with E-state index in [-0.39, 0.29) is 17.7 Å². The fourth-order valence-electron chi connectivity index (χ4n) is 3.00. The molecule has 0 fully saturated rings. The van der Waals surface area contributed by atoms with Crippen molar-refractivity contribution in [3.63, 3.8) is 0 Å². The first-order valence-electron chi connectivity index (χ1n) is 9.89. The molecule has 0 radical (unpaired) electrons. The molecule has 0 bridgehead atoms. The number of rotatable bonds is 9. The zero-order valence-electron chi connectivity index (χ0n) is 17.9. The van der Waals surface area contributed by atoms with E-state index in [0.717, 1.165) is 17.2 Å². The number of aromatic nitrogens is 3. The minimum absolute atomic E-state index is 0.0241. The lowest BCUT2D eigenvalue weighted by Crippen LogP contribution is -2.32. The second-order valence-corrected chi connectivity index (χ2v) is 8.59. The first-order valence-corrected chi connectivity index (χ1v) is 11.3. The molecule has 31 heavy (non-hydrogen) atoms. The zero-order chi connectivity index (χ0) is 22.4. The van der Waals surface area contributed by atoms with E-state index in [1.54, 1.807) is 11.0 Å². The van der Waals surface area contributed by atoms with E-state index in [0.29, 0.717) is 16.7 Å². The number of amides is 1. The summed E-state index contributed by atoms with van der Waals surface area (Å²) < 4.78 is 1.99. The lowest BCUT2D eigenvalue weighted by Gasteiger charge is -2.22. The number of anilines is 1. The first-order chi connectivity index (χ1) is 14.9. The van der Waals surface area contributed by atoms with Crippen molar-refractivity contribution in [1.29, 1.82) is 0 Å². The Labute approximate surface area is 192 Å². The average molecular weight is 456 g/mol. The largest absolute Gasteiger partial charge is 0.308 e. The van der Waals surface area contributed by atoms with E-state index in [1.165, 1.54) is 11.8 Å². The van der Waals surface area contributed by atoms with Gasteiger partial charge in [0.25, 0.3) is 0 Å². The van der Waals surface area contributed by atoms with Gasteiger partial charge in [0.15, 0.2) is 11.0 Å². The Bertz CT molecular complexity index is 1020. The molecule has 162 valence electrons. The molecule has 1 aromatic heterocycles. The molecule has 0 aliphatic carbocycles. The van der Waals surface area contributed by atoms with E-state index in [2.05, 4.69) is 28.6 Å². The highest BCUT2D eigenvalue weighted by Crippen LogP contribution is 2.28. The van der Waals surface area contributed by atoms with Gasteiger partial charge in [0.1, 0.15) is 0 Å². The van der Waals surface area contributed by atoms with Crippen LogP contribution in [0, 0.1) is 0 Å². The molecule has 0 aliphatic heterocycles. The summed E-state index contributed by atoms with van der Waals surface area (Å²) in [4.78, 5) is 16.8. The standard InChI is InChI=1S/C23H26ClN5OS/c1-5-15-28(19-9-7-6-8-10-19)21(30)16-31-23-26-25-22(17(2)27(3)4)29(23)20-13-11-18(24)12-14-20/h5-14,17H,1,15-16H2,2-4H3. The average Bonchev–Trinajstić information content (AvgIpc) is 3.20. The van der Waals surface area contributed by atoms with Crippen LogP contribution in [-0.2, 0) is 4.79 Å². The fraction of sp³-hybridized carbons (Fsp3) is 0.261. The third kappa shape index (κ3) is 5.55. The normalized spacial score (nSPS) is 12.0. The smallest absolute Gasteiger partial charge is 0.237 e. The molecule has 1 heterocycles. The molecule has 1 unspecified atom stereocenters. The number of thioether (sulfide) groups is 1. The maximum absolute atomic E-state index is 13.0. The SMILES string of the molecule is C=CCN(C(=O)CSc1nnc(C(C)N(C)C)n1-c1ccc(Cl)cc1)c1ccccc1. The van der Waals surface area contributed by atoms with Crippen molar-refractivity contribution in [2.45, 2.75) is 18.1 Å². The zero-order valence-corrected chi connectivity index (χ0v) is 19.5. The van der Waals surface area contributed by atoms with Crippen LogP contribution in [0.15, 0.2) is 72.4 Å². The fourth-order valence-corrected chi connectivity index (χ4v) is 3.96. The summed E-state index contributed by atoms with van der Waals surface area (Å²) in [5.74, 6) is 1.00. The summed E-state index contributed by atoms with van der Waals surface area (Å²) >= 11 is 7.44. The number of halogens is 1. The second kappa shape index (κ2) is 10.6. The van der Waals surface area contributed by atoms with Crippen molar-refractivity contribution in [3.05, 3.63) is 78.1 Å². The molecule has 0 saturated heterocycles. The quantitative estimate of drug-likeness (QED) is 0.341. The Balaban J connectivity index is 1.88. The summed E-state index contributed by atoms with van der Waals surface area (Å²) in [7, 11) is 3.99. The predicted molar refractivity (Wildman–Crippen MR) is 128 cm³/mol. The minimum atomic E-state index is -0.0241. The molecule has 0 N–H and O–H groups in total. The van der Waals surface area contributed by atoms with Gasteiger partial charge in [-0.05, 0) is 57.4 Å². The van der Waals surface area contributed by atoms with Crippen LogP contribution >= 0.6 is 23.4 Å². The van der Waals surface area contributed by atoms with E-state index in [1.807, 2.05) is 73.3 Å². The number of hydrogen-bond donors (Lipinski definition) is 0. The van der Waals surface area contributed by atoms with Crippen molar-refractivity contribution in [2.24, 2.45) is 0 Å². The van der Waals surface area contributed by atoms with E-state index in [4.69, 9.17) is 11.6 Å². The number of benzene rings is 2. The van der Waals surface area contributed by atoms with Crippen LogP contribution in [0.3, 0.4) is 0 Å². The second-order valence-electron chi connectivity index (χ2n) is 7.21. The molecule has 0 saturated carbocycles. The Morgan fingerprint density at radius 2 is 1.84 bits per heavy atom. The molecule has 0 spiro atoms. The van der Waals surface area contributed by atoms with Crippen LogP contribution in [0.5, 0.6) is 0 Å². The Kier molecular flexibility index (Phi) is 7.90. The van der Waals surface area contributed by atoms with Gasteiger partial charge in [0, 0.05) is 22.9 Å². The van der Waals surface area contributed by atoms with Crippen molar-refractivity contribution in [2.75, 3.05) is 31.3 Å². The molecule has 1 amide bonds. The monoisotopic (exact) mass is 455 g/mol. The third-order valence-electron chi connectivity index (χ3n) is 4.90. The maximum atomic E-state index is 13.0. The Morgan fingerprint density at radius 1 is 1.16 bits per heavy atom. The van der Waals surface area contributed by atoms with Gasteiger partial charge in [-0.2, -0.15) is 0 Å². The summed E-state index contributed by atoms with van der Waals surface area (Å²) in [5, 5.41) is 10.1. The van der Waals surface area contributed by atoms with Gasteiger partial charge in [-0.3, -0.25) is 14.3 Å². The van der Waals surface area contributed by atoms with E-state index < -0.39 is 0 Å². The van der Waals surface area contributed by atoms with Crippen molar-refractivity contribution < 1.29 is 4.79 Å². The lowest BCUT2D eigenvalue weighted by molar-refractivity contribution is -0.116. The van der Waals surface area contributed by atoms with E-state index >= 15 is 0 Å². The Morgan fingerprint density at radius 3 is 2.45 bits per heavy atom. The van der Waals surface area contributed by atoms with Crippen LogP contribution in [0.1, 0.15) is 18.8 Å². The number of nitrogens with zero attached hydrogens (tertiary/aromatic N) is 5. The van der Waals surface area contributed by atoms with Crippen LogP contribution in [-0.4, -0.2) is 52.0 Å². The highest BCUT2D eigenvalue weighted by molar-refractivity contribution is 7.99. The van der Waals surface area contributed by atoms with Gasteiger partial charge in [0.2, 0.25) is 5.91 Å². The van der Waals surface area contributed by atoms with Crippen LogP contribution in [0.4, 0.5) is 5.69 Å². The van der Waals surface area contributed by atoms with Crippen LogP contribution in [0.2, 0.25) is 5.02 Å². The van der Waals surface area contributed by atoms with Crippen molar-refractivity contribution in [1.82, 2.24) is 19.7 Å². The summed E-state index contributed by atoms with van der Waals surface area (Å²) in [6.07, 6.45) is 1.72. The number of carbonyl (C=O) groups excluding carboxylic acids is 1. The van der Waals surface area contributed by atoms with Crippen LogP contribution < -0.4 is 4.90 Å².